The average Bonchev–Trinajstić information content (AvgIpc) is 2.95. The summed E-state index contributed by atoms with van der Waals surface area (Å²) >= 11 is 1.22. The lowest BCUT2D eigenvalue weighted by molar-refractivity contribution is -0.387. The molecule has 1 aromatic rings. The Balaban J connectivity index is 2.33. The van der Waals surface area contributed by atoms with Crippen molar-refractivity contribution in [2.45, 2.75) is 23.8 Å². The van der Waals surface area contributed by atoms with E-state index in [4.69, 9.17) is 5.11 Å². The van der Waals surface area contributed by atoms with Crippen molar-refractivity contribution in [1.82, 2.24) is 4.90 Å². The Labute approximate surface area is 125 Å². The van der Waals surface area contributed by atoms with Crippen LogP contribution < -0.4 is 0 Å². The topological polar surface area (TPSA) is 101 Å². The summed E-state index contributed by atoms with van der Waals surface area (Å²) in [6.07, 6.45) is 2.74. The molecule has 1 saturated heterocycles. The summed E-state index contributed by atoms with van der Waals surface area (Å²) in [6, 6.07) is 3.38. The van der Waals surface area contributed by atoms with Gasteiger partial charge in [-0.1, -0.05) is 0 Å². The summed E-state index contributed by atoms with van der Waals surface area (Å²) in [6.45, 7) is 0.355. The molecule has 1 atom stereocenters. The number of carboxylic acid groups (broad SMARTS) is 1. The molecule has 1 N–H and O–H groups in total. The molecular weight excluding hydrogens is 296 g/mol. The van der Waals surface area contributed by atoms with E-state index in [0.29, 0.717) is 24.3 Å². The van der Waals surface area contributed by atoms with Crippen molar-refractivity contribution in [2.24, 2.45) is 0 Å². The highest BCUT2D eigenvalue weighted by molar-refractivity contribution is 7.98. The summed E-state index contributed by atoms with van der Waals surface area (Å²) in [5.41, 5.74) is 0.00655. The van der Waals surface area contributed by atoms with Crippen molar-refractivity contribution in [3.05, 3.63) is 33.9 Å². The van der Waals surface area contributed by atoms with Gasteiger partial charge >= 0.3 is 5.97 Å². The number of hydrogen-bond acceptors (Lipinski definition) is 5. The number of nitrogens with zero attached hydrogens (tertiary/aromatic N) is 2. The molecule has 112 valence electrons. The molecule has 1 fully saturated rings. The lowest BCUT2D eigenvalue weighted by Gasteiger charge is -2.21. The molecule has 8 heteroatoms. The predicted octanol–water partition coefficient (Wildman–Crippen LogP) is 2.01. The molecule has 0 aliphatic carbocycles. The van der Waals surface area contributed by atoms with Crippen LogP contribution in [0.1, 0.15) is 23.2 Å². The third kappa shape index (κ3) is 2.99. The van der Waals surface area contributed by atoms with Gasteiger partial charge in [0.15, 0.2) is 0 Å². The lowest BCUT2D eigenvalue weighted by Crippen LogP contribution is -2.40. The minimum Gasteiger partial charge on any atom is -0.480 e. The first-order valence-electron chi connectivity index (χ1n) is 6.32. The first-order chi connectivity index (χ1) is 9.95. The Hall–Kier alpha value is -2.09. The fourth-order valence-electron chi connectivity index (χ4n) is 2.40. The number of likely N-dealkylation sites (tertiary alicyclic amines) is 1. The number of thioether (sulfide) groups is 1. The van der Waals surface area contributed by atoms with E-state index in [2.05, 4.69) is 0 Å². The van der Waals surface area contributed by atoms with Gasteiger partial charge in [-0.15, -0.1) is 11.8 Å². The quantitative estimate of drug-likeness (QED) is 0.518. The maximum Gasteiger partial charge on any atom is 0.326 e. The minimum atomic E-state index is -1.05. The van der Waals surface area contributed by atoms with Crippen LogP contribution in [-0.2, 0) is 4.79 Å². The maximum atomic E-state index is 12.4. The molecule has 1 aromatic carbocycles. The second-order valence-electron chi connectivity index (χ2n) is 4.64. The number of carbonyl (C=O) groups is 2. The number of carboxylic acids is 1. The highest BCUT2D eigenvalue weighted by atomic mass is 32.2. The number of rotatable bonds is 4. The van der Waals surface area contributed by atoms with E-state index in [1.165, 1.54) is 34.9 Å². The Bertz CT molecular complexity index is 604. The molecule has 1 amide bonds. The summed E-state index contributed by atoms with van der Waals surface area (Å²) in [5, 5.41) is 20.1. The second-order valence-corrected chi connectivity index (χ2v) is 5.49. The van der Waals surface area contributed by atoms with E-state index < -0.39 is 22.8 Å². The third-order valence-corrected chi connectivity index (χ3v) is 4.21. The standard InChI is InChI=1S/C13H14N2O5S/c1-21-11-5-4-8(7-10(11)15(19)20)12(16)14-6-2-3-9(14)13(17)18/h4-5,7,9H,2-3,6H2,1H3,(H,17,18)/t9-/m0/s1. The number of nitro groups is 1. The van der Waals surface area contributed by atoms with Gasteiger partial charge in [0.1, 0.15) is 6.04 Å². The molecule has 0 bridgehead atoms. The molecule has 2 rings (SSSR count). The number of benzene rings is 1. The number of nitro benzene ring substituents is 1. The van der Waals surface area contributed by atoms with Gasteiger partial charge in [-0.3, -0.25) is 14.9 Å². The number of aliphatic carboxylic acids is 1. The van der Waals surface area contributed by atoms with Crippen LogP contribution in [0.25, 0.3) is 0 Å². The second kappa shape index (κ2) is 6.13. The highest BCUT2D eigenvalue weighted by Crippen LogP contribution is 2.29. The van der Waals surface area contributed by atoms with Crippen LogP contribution >= 0.6 is 11.8 Å². The van der Waals surface area contributed by atoms with Gasteiger partial charge in [-0.05, 0) is 31.2 Å². The van der Waals surface area contributed by atoms with Crippen LogP contribution in [-0.4, -0.2) is 45.6 Å². The van der Waals surface area contributed by atoms with E-state index in [1.807, 2.05) is 0 Å². The highest BCUT2D eigenvalue weighted by Gasteiger charge is 2.35. The molecule has 1 heterocycles. The lowest BCUT2D eigenvalue weighted by atomic mass is 10.1. The smallest absolute Gasteiger partial charge is 0.326 e. The zero-order valence-electron chi connectivity index (χ0n) is 11.3. The Morgan fingerprint density at radius 2 is 2.19 bits per heavy atom. The normalized spacial score (nSPS) is 17.8. The first kappa shape index (κ1) is 15.3. The number of carbonyl (C=O) groups excluding carboxylic acids is 1. The van der Waals surface area contributed by atoms with Crippen molar-refractivity contribution >= 4 is 29.3 Å². The van der Waals surface area contributed by atoms with E-state index >= 15 is 0 Å². The number of hydrogen-bond donors (Lipinski definition) is 1. The van der Waals surface area contributed by atoms with E-state index in [-0.39, 0.29) is 11.3 Å². The first-order valence-corrected chi connectivity index (χ1v) is 7.54. The summed E-state index contributed by atoms with van der Waals surface area (Å²) in [4.78, 5) is 35.7. The van der Waals surface area contributed by atoms with Gasteiger partial charge in [-0.2, -0.15) is 0 Å². The fourth-order valence-corrected chi connectivity index (χ4v) is 2.94. The third-order valence-electron chi connectivity index (χ3n) is 3.42. The molecule has 21 heavy (non-hydrogen) atoms. The fraction of sp³-hybridized carbons (Fsp3) is 0.385. The zero-order chi connectivity index (χ0) is 15.6. The van der Waals surface area contributed by atoms with Crippen molar-refractivity contribution in [2.75, 3.05) is 12.8 Å². The predicted molar refractivity (Wildman–Crippen MR) is 76.6 cm³/mol. The molecular formula is C13H14N2O5S. The van der Waals surface area contributed by atoms with Crippen molar-refractivity contribution in [3.8, 4) is 0 Å². The molecule has 7 nitrogen and oxygen atoms in total. The summed E-state index contributed by atoms with van der Waals surface area (Å²) in [7, 11) is 0. The summed E-state index contributed by atoms with van der Waals surface area (Å²) in [5.74, 6) is -1.52. The van der Waals surface area contributed by atoms with Crippen molar-refractivity contribution < 1.29 is 19.6 Å². The maximum absolute atomic E-state index is 12.4. The van der Waals surface area contributed by atoms with Gasteiger partial charge in [0.05, 0.1) is 9.82 Å². The van der Waals surface area contributed by atoms with Gasteiger partial charge in [0, 0.05) is 18.2 Å². The van der Waals surface area contributed by atoms with Crippen LogP contribution in [0.15, 0.2) is 23.1 Å². The van der Waals surface area contributed by atoms with Crippen LogP contribution in [0.5, 0.6) is 0 Å². The Morgan fingerprint density at radius 1 is 1.48 bits per heavy atom. The van der Waals surface area contributed by atoms with Gasteiger partial charge in [0.2, 0.25) is 0 Å². The van der Waals surface area contributed by atoms with Gasteiger partial charge in [0.25, 0.3) is 11.6 Å². The average molecular weight is 310 g/mol. The molecule has 1 aliphatic rings. The van der Waals surface area contributed by atoms with E-state index in [0.717, 1.165) is 0 Å². The van der Waals surface area contributed by atoms with Crippen LogP contribution in [0.3, 0.4) is 0 Å². The van der Waals surface area contributed by atoms with Crippen LogP contribution in [0, 0.1) is 10.1 Å². The largest absolute Gasteiger partial charge is 0.480 e. The monoisotopic (exact) mass is 310 g/mol. The molecule has 1 aliphatic heterocycles. The molecule has 0 spiro atoms. The minimum absolute atomic E-state index is 0.139. The Kier molecular flexibility index (Phi) is 4.46. The molecule has 0 unspecified atom stereocenters. The Morgan fingerprint density at radius 3 is 2.76 bits per heavy atom. The van der Waals surface area contributed by atoms with Gasteiger partial charge < -0.3 is 10.0 Å². The molecule has 0 aromatic heterocycles. The SMILES string of the molecule is CSc1ccc(C(=O)N2CCC[C@H]2C(=O)O)cc1[N+](=O)[O-]. The van der Waals surface area contributed by atoms with Crippen LogP contribution in [0.2, 0.25) is 0 Å². The zero-order valence-corrected chi connectivity index (χ0v) is 12.1. The van der Waals surface area contributed by atoms with Crippen LogP contribution in [0.4, 0.5) is 5.69 Å². The van der Waals surface area contributed by atoms with E-state index in [9.17, 15) is 19.7 Å². The number of amides is 1. The molecule has 0 saturated carbocycles. The summed E-state index contributed by atoms with van der Waals surface area (Å²) < 4.78 is 0. The van der Waals surface area contributed by atoms with Crippen molar-refractivity contribution in [1.29, 1.82) is 0 Å². The van der Waals surface area contributed by atoms with E-state index in [1.54, 1.807) is 6.26 Å². The van der Waals surface area contributed by atoms with Crippen molar-refractivity contribution in [3.63, 3.8) is 0 Å². The van der Waals surface area contributed by atoms with Gasteiger partial charge in [-0.25, -0.2) is 4.79 Å². The molecule has 0 radical (unpaired) electrons.